The maximum Gasteiger partial charge on any atom is 0.336 e. The van der Waals surface area contributed by atoms with Crippen molar-refractivity contribution in [2.75, 3.05) is 0 Å². The fourth-order valence-corrected chi connectivity index (χ4v) is 2.23. The number of nitrogens with zero attached hydrogens (tertiary/aromatic N) is 2. The van der Waals surface area contributed by atoms with E-state index in [1.165, 1.54) is 0 Å². The number of pyridine rings is 2. The molecule has 0 aliphatic carbocycles. The van der Waals surface area contributed by atoms with Gasteiger partial charge in [0.1, 0.15) is 0 Å². The Hall–Kier alpha value is -3.01. The van der Waals surface area contributed by atoms with Gasteiger partial charge in [-0.2, -0.15) is 0 Å². The Labute approximate surface area is 121 Å². The lowest BCUT2D eigenvalue weighted by Gasteiger charge is -2.09. The molecular weight excluding hydrogens is 264 g/mol. The Kier molecular flexibility index (Phi) is 3.43. The second kappa shape index (κ2) is 5.54. The van der Waals surface area contributed by atoms with Crippen molar-refractivity contribution in [3.05, 3.63) is 72.8 Å². The van der Waals surface area contributed by atoms with Gasteiger partial charge in [0.2, 0.25) is 0 Å². The van der Waals surface area contributed by atoms with Gasteiger partial charge in [-0.3, -0.25) is 9.97 Å². The van der Waals surface area contributed by atoms with Crippen LogP contribution in [0.4, 0.5) is 0 Å². The molecule has 3 aromatic rings. The van der Waals surface area contributed by atoms with E-state index in [1.807, 2.05) is 24.3 Å². The smallest absolute Gasteiger partial charge is 0.336 e. The van der Waals surface area contributed by atoms with Gasteiger partial charge < -0.3 is 5.11 Å². The first-order valence-corrected chi connectivity index (χ1v) is 6.44. The first-order valence-electron chi connectivity index (χ1n) is 6.44. The molecule has 0 spiro atoms. The van der Waals surface area contributed by atoms with Crippen molar-refractivity contribution in [2.24, 2.45) is 0 Å². The number of aromatic nitrogens is 2. The molecule has 21 heavy (non-hydrogen) atoms. The summed E-state index contributed by atoms with van der Waals surface area (Å²) in [6, 6.07) is 12.7. The Balaban J connectivity index is 2.14. The lowest BCUT2D eigenvalue weighted by molar-refractivity contribution is 0.0698. The van der Waals surface area contributed by atoms with E-state index >= 15 is 0 Å². The zero-order valence-corrected chi connectivity index (χ0v) is 11.1. The zero-order valence-electron chi connectivity index (χ0n) is 11.1. The Morgan fingerprint density at radius 3 is 1.90 bits per heavy atom. The predicted octanol–water partition coefficient (Wildman–Crippen LogP) is 3.51. The number of hydrogen-bond donors (Lipinski definition) is 1. The summed E-state index contributed by atoms with van der Waals surface area (Å²) in [5.41, 5.74) is 3.59. The lowest BCUT2D eigenvalue weighted by atomic mass is 9.96. The fourth-order valence-electron chi connectivity index (χ4n) is 2.23. The quantitative estimate of drug-likeness (QED) is 0.795. The van der Waals surface area contributed by atoms with E-state index in [9.17, 15) is 9.90 Å². The third-order valence-corrected chi connectivity index (χ3v) is 3.25. The Morgan fingerprint density at radius 1 is 0.762 bits per heavy atom. The van der Waals surface area contributed by atoms with Crippen LogP contribution in [0.15, 0.2) is 67.3 Å². The molecule has 0 fully saturated rings. The lowest BCUT2D eigenvalue weighted by Crippen LogP contribution is -2.00. The van der Waals surface area contributed by atoms with Crippen LogP contribution in [-0.2, 0) is 0 Å². The molecule has 102 valence electrons. The summed E-state index contributed by atoms with van der Waals surface area (Å²) in [6.07, 6.45) is 6.68. The highest BCUT2D eigenvalue weighted by Gasteiger charge is 2.13. The number of aromatic carboxylic acids is 1. The highest BCUT2D eigenvalue weighted by Crippen LogP contribution is 2.28. The van der Waals surface area contributed by atoms with E-state index in [-0.39, 0.29) is 5.56 Å². The number of hydrogen-bond acceptors (Lipinski definition) is 3. The van der Waals surface area contributed by atoms with Crippen molar-refractivity contribution in [3.8, 4) is 22.3 Å². The fraction of sp³-hybridized carbons (Fsp3) is 0. The molecule has 0 atom stereocenters. The molecule has 4 nitrogen and oxygen atoms in total. The summed E-state index contributed by atoms with van der Waals surface area (Å²) in [5.74, 6) is -0.947. The van der Waals surface area contributed by atoms with Crippen LogP contribution < -0.4 is 0 Å². The zero-order chi connectivity index (χ0) is 14.7. The van der Waals surface area contributed by atoms with Crippen molar-refractivity contribution in [1.82, 2.24) is 9.97 Å². The SMILES string of the molecule is O=C(O)c1cc(-c2ccncc2)ccc1-c1ccncc1. The maximum absolute atomic E-state index is 11.6. The molecule has 0 unspecified atom stereocenters. The van der Waals surface area contributed by atoms with E-state index in [0.717, 1.165) is 16.7 Å². The first-order chi connectivity index (χ1) is 10.3. The highest BCUT2D eigenvalue weighted by molar-refractivity contribution is 5.97. The van der Waals surface area contributed by atoms with E-state index < -0.39 is 5.97 Å². The van der Waals surface area contributed by atoms with Crippen LogP contribution in [0.1, 0.15) is 10.4 Å². The highest BCUT2D eigenvalue weighted by atomic mass is 16.4. The molecule has 0 amide bonds. The molecule has 0 saturated carbocycles. The van der Waals surface area contributed by atoms with Gasteiger partial charge in [0.05, 0.1) is 5.56 Å². The molecule has 0 radical (unpaired) electrons. The van der Waals surface area contributed by atoms with Gasteiger partial charge in [0.25, 0.3) is 0 Å². The monoisotopic (exact) mass is 276 g/mol. The molecule has 0 aliphatic rings. The van der Waals surface area contributed by atoms with Crippen LogP contribution in [-0.4, -0.2) is 21.0 Å². The van der Waals surface area contributed by atoms with Gasteiger partial charge in [0.15, 0.2) is 0 Å². The van der Waals surface area contributed by atoms with Crippen LogP contribution in [0.3, 0.4) is 0 Å². The number of benzene rings is 1. The predicted molar refractivity (Wildman–Crippen MR) is 79.9 cm³/mol. The molecule has 1 N–H and O–H groups in total. The summed E-state index contributed by atoms with van der Waals surface area (Å²) in [4.78, 5) is 19.5. The van der Waals surface area contributed by atoms with Crippen LogP contribution in [0.2, 0.25) is 0 Å². The van der Waals surface area contributed by atoms with E-state index in [0.29, 0.717) is 5.56 Å². The van der Waals surface area contributed by atoms with Crippen LogP contribution in [0.25, 0.3) is 22.3 Å². The molecule has 1 aromatic carbocycles. The largest absolute Gasteiger partial charge is 0.478 e. The summed E-state index contributed by atoms with van der Waals surface area (Å²) in [7, 11) is 0. The van der Waals surface area contributed by atoms with Crippen LogP contribution in [0, 0.1) is 0 Å². The summed E-state index contributed by atoms with van der Waals surface area (Å²) in [6.45, 7) is 0. The van der Waals surface area contributed by atoms with Gasteiger partial charge in [-0.1, -0.05) is 12.1 Å². The van der Waals surface area contributed by atoms with E-state index in [4.69, 9.17) is 0 Å². The Morgan fingerprint density at radius 2 is 1.33 bits per heavy atom. The van der Waals surface area contributed by atoms with Crippen LogP contribution >= 0.6 is 0 Å². The minimum Gasteiger partial charge on any atom is -0.478 e. The number of carbonyl (C=O) groups is 1. The normalized spacial score (nSPS) is 10.3. The number of carboxylic acid groups (broad SMARTS) is 1. The molecule has 2 heterocycles. The molecule has 0 bridgehead atoms. The van der Waals surface area contributed by atoms with Crippen molar-refractivity contribution in [3.63, 3.8) is 0 Å². The number of carboxylic acids is 1. The summed E-state index contributed by atoms with van der Waals surface area (Å²) < 4.78 is 0. The Bertz CT molecular complexity index is 771. The maximum atomic E-state index is 11.6. The minimum atomic E-state index is -0.947. The first kappa shape index (κ1) is 13.0. The van der Waals surface area contributed by atoms with Crippen molar-refractivity contribution in [1.29, 1.82) is 0 Å². The molecule has 2 aromatic heterocycles. The van der Waals surface area contributed by atoms with Crippen molar-refractivity contribution < 1.29 is 9.90 Å². The molecular formula is C17H12N2O2. The van der Waals surface area contributed by atoms with E-state index in [1.54, 1.807) is 43.0 Å². The summed E-state index contributed by atoms with van der Waals surface area (Å²) in [5, 5.41) is 9.47. The molecule has 0 aliphatic heterocycles. The summed E-state index contributed by atoms with van der Waals surface area (Å²) >= 11 is 0. The van der Waals surface area contributed by atoms with Gasteiger partial charge in [-0.25, -0.2) is 4.79 Å². The van der Waals surface area contributed by atoms with E-state index in [2.05, 4.69) is 9.97 Å². The van der Waals surface area contributed by atoms with Gasteiger partial charge in [-0.05, 0) is 52.6 Å². The molecule has 0 saturated heterocycles. The van der Waals surface area contributed by atoms with Crippen LogP contribution in [0.5, 0.6) is 0 Å². The third kappa shape index (κ3) is 2.65. The second-order valence-corrected chi connectivity index (χ2v) is 4.54. The van der Waals surface area contributed by atoms with Crippen molar-refractivity contribution >= 4 is 5.97 Å². The second-order valence-electron chi connectivity index (χ2n) is 4.54. The van der Waals surface area contributed by atoms with Crippen molar-refractivity contribution in [2.45, 2.75) is 0 Å². The molecule has 3 rings (SSSR count). The van der Waals surface area contributed by atoms with Gasteiger partial charge in [0, 0.05) is 24.8 Å². The minimum absolute atomic E-state index is 0.274. The topological polar surface area (TPSA) is 63.1 Å². The average Bonchev–Trinajstić information content (AvgIpc) is 2.56. The van der Waals surface area contributed by atoms with Gasteiger partial charge in [-0.15, -0.1) is 0 Å². The van der Waals surface area contributed by atoms with Gasteiger partial charge >= 0.3 is 5.97 Å². The average molecular weight is 276 g/mol. The number of rotatable bonds is 3. The molecule has 4 heteroatoms. The standard InChI is InChI=1S/C17H12N2O2/c20-17(21)16-11-14(12-3-7-18-8-4-12)1-2-15(16)13-5-9-19-10-6-13/h1-11H,(H,20,21). The third-order valence-electron chi connectivity index (χ3n) is 3.25.